The minimum Gasteiger partial charge on any atom is -0.298 e. The molecule has 1 aromatic rings. The van der Waals surface area contributed by atoms with E-state index in [-0.39, 0.29) is 12.2 Å². The Morgan fingerprint density at radius 1 is 1.62 bits per heavy atom. The first-order valence-corrected chi connectivity index (χ1v) is 5.59. The Kier molecular flexibility index (Phi) is 2.93. The van der Waals surface area contributed by atoms with Crippen molar-refractivity contribution in [2.24, 2.45) is 0 Å². The van der Waals surface area contributed by atoms with Gasteiger partial charge >= 0.3 is 0 Å². The van der Waals surface area contributed by atoms with Crippen LogP contribution >= 0.6 is 11.6 Å². The van der Waals surface area contributed by atoms with Crippen LogP contribution in [0.4, 0.5) is 0 Å². The molecule has 0 saturated heterocycles. The average molecular weight is 235 g/mol. The van der Waals surface area contributed by atoms with Crippen LogP contribution in [0.3, 0.4) is 0 Å². The highest BCUT2D eigenvalue weighted by molar-refractivity contribution is 6.31. The standard InChI is InChI=1S/C12H11ClN2O/c13-10-8-15-7-3-9(10)12(4-1-5-12)11(16)2-6-14/h3,7-8H,1-2,4-5H2. The molecule has 1 saturated carbocycles. The average Bonchev–Trinajstić information content (AvgIpc) is 2.19. The van der Waals surface area contributed by atoms with Crippen LogP contribution in [0.25, 0.3) is 0 Å². The number of rotatable bonds is 3. The highest BCUT2D eigenvalue weighted by Gasteiger charge is 2.45. The number of Topliss-reactive ketones (excluding diaryl/α,β-unsaturated/α-hetero) is 1. The molecular formula is C12H11ClN2O. The number of carbonyl (C=O) groups excluding carboxylic acids is 1. The first-order valence-electron chi connectivity index (χ1n) is 5.21. The van der Waals surface area contributed by atoms with Gasteiger partial charge in [-0.25, -0.2) is 0 Å². The summed E-state index contributed by atoms with van der Waals surface area (Å²) in [7, 11) is 0. The molecule has 1 heterocycles. The molecule has 16 heavy (non-hydrogen) atoms. The summed E-state index contributed by atoms with van der Waals surface area (Å²) in [4.78, 5) is 15.9. The van der Waals surface area contributed by atoms with Crippen molar-refractivity contribution in [1.29, 1.82) is 5.26 Å². The lowest BCUT2D eigenvalue weighted by Crippen LogP contribution is -2.42. The first kappa shape index (κ1) is 11.1. The van der Waals surface area contributed by atoms with Gasteiger partial charge in [0.1, 0.15) is 0 Å². The lowest BCUT2D eigenvalue weighted by atomic mass is 9.61. The van der Waals surface area contributed by atoms with Gasteiger partial charge in [0.25, 0.3) is 0 Å². The van der Waals surface area contributed by atoms with E-state index in [1.807, 2.05) is 6.07 Å². The first-order chi connectivity index (χ1) is 7.70. The Labute approximate surface area is 99.1 Å². The molecule has 1 aliphatic carbocycles. The number of carbonyl (C=O) groups is 1. The second-order valence-corrected chi connectivity index (χ2v) is 4.46. The van der Waals surface area contributed by atoms with Crippen LogP contribution in [0.5, 0.6) is 0 Å². The lowest BCUT2D eigenvalue weighted by Gasteiger charge is -2.40. The molecule has 0 bridgehead atoms. The summed E-state index contributed by atoms with van der Waals surface area (Å²) >= 11 is 6.07. The number of halogens is 1. The third-order valence-corrected chi connectivity index (χ3v) is 3.57. The van der Waals surface area contributed by atoms with E-state index in [0.717, 1.165) is 24.8 Å². The number of hydrogen-bond donors (Lipinski definition) is 0. The normalized spacial score (nSPS) is 17.2. The second-order valence-electron chi connectivity index (χ2n) is 4.05. The van der Waals surface area contributed by atoms with E-state index in [2.05, 4.69) is 4.98 Å². The number of ketones is 1. The fourth-order valence-electron chi connectivity index (χ4n) is 2.23. The predicted octanol–water partition coefficient (Wildman–Crippen LogP) is 2.64. The number of aromatic nitrogens is 1. The van der Waals surface area contributed by atoms with Crippen molar-refractivity contribution in [2.75, 3.05) is 0 Å². The van der Waals surface area contributed by atoms with Crippen molar-refractivity contribution in [3.63, 3.8) is 0 Å². The SMILES string of the molecule is N#CCC(=O)C1(c2ccncc2Cl)CCC1. The van der Waals surface area contributed by atoms with Crippen LogP contribution in [-0.4, -0.2) is 10.8 Å². The van der Waals surface area contributed by atoms with E-state index >= 15 is 0 Å². The molecule has 0 spiro atoms. The lowest BCUT2D eigenvalue weighted by molar-refractivity contribution is -0.126. The van der Waals surface area contributed by atoms with Crippen molar-refractivity contribution < 1.29 is 4.79 Å². The summed E-state index contributed by atoms with van der Waals surface area (Å²) < 4.78 is 0. The summed E-state index contributed by atoms with van der Waals surface area (Å²) in [5.74, 6) is -0.0191. The highest BCUT2D eigenvalue weighted by Crippen LogP contribution is 2.47. The summed E-state index contributed by atoms with van der Waals surface area (Å²) in [6, 6.07) is 3.71. The fourth-order valence-corrected chi connectivity index (χ4v) is 2.53. The number of pyridine rings is 1. The Morgan fingerprint density at radius 3 is 2.88 bits per heavy atom. The topological polar surface area (TPSA) is 53.8 Å². The van der Waals surface area contributed by atoms with Crippen LogP contribution < -0.4 is 0 Å². The number of hydrogen-bond acceptors (Lipinski definition) is 3. The molecular weight excluding hydrogens is 224 g/mol. The van der Waals surface area contributed by atoms with E-state index in [1.165, 1.54) is 0 Å². The van der Waals surface area contributed by atoms with Gasteiger partial charge in [0.2, 0.25) is 0 Å². The van der Waals surface area contributed by atoms with Crippen LogP contribution in [-0.2, 0) is 10.2 Å². The maximum absolute atomic E-state index is 12.0. The van der Waals surface area contributed by atoms with E-state index in [4.69, 9.17) is 16.9 Å². The van der Waals surface area contributed by atoms with Gasteiger partial charge in [-0.15, -0.1) is 0 Å². The van der Waals surface area contributed by atoms with Crippen molar-refractivity contribution in [3.8, 4) is 6.07 Å². The number of nitrogens with zero attached hydrogens (tertiary/aromatic N) is 2. The number of nitriles is 1. The van der Waals surface area contributed by atoms with Gasteiger partial charge in [-0.3, -0.25) is 9.78 Å². The molecule has 0 aromatic carbocycles. The van der Waals surface area contributed by atoms with Crippen molar-refractivity contribution >= 4 is 17.4 Å². The molecule has 0 aliphatic heterocycles. The Bertz CT molecular complexity index is 460. The molecule has 0 atom stereocenters. The zero-order chi connectivity index (χ0) is 11.6. The monoisotopic (exact) mass is 234 g/mol. The fraction of sp³-hybridized carbons (Fsp3) is 0.417. The van der Waals surface area contributed by atoms with Gasteiger partial charge in [0.05, 0.1) is 22.9 Å². The molecule has 2 rings (SSSR count). The molecule has 0 amide bonds. The molecule has 3 nitrogen and oxygen atoms in total. The summed E-state index contributed by atoms with van der Waals surface area (Å²) in [6.45, 7) is 0. The van der Waals surface area contributed by atoms with E-state index in [9.17, 15) is 4.79 Å². The Hall–Kier alpha value is -1.40. The van der Waals surface area contributed by atoms with Crippen LogP contribution in [0.2, 0.25) is 5.02 Å². The van der Waals surface area contributed by atoms with Gasteiger partial charge in [-0.05, 0) is 24.5 Å². The summed E-state index contributed by atoms with van der Waals surface area (Å²) in [5, 5.41) is 9.14. The smallest absolute Gasteiger partial charge is 0.157 e. The van der Waals surface area contributed by atoms with Crippen molar-refractivity contribution in [1.82, 2.24) is 4.98 Å². The van der Waals surface area contributed by atoms with Gasteiger partial charge < -0.3 is 0 Å². The largest absolute Gasteiger partial charge is 0.298 e. The molecule has 1 aromatic heterocycles. The van der Waals surface area contributed by atoms with E-state index < -0.39 is 5.41 Å². The van der Waals surface area contributed by atoms with Gasteiger partial charge in [0, 0.05) is 12.4 Å². The molecule has 1 fully saturated rings. The third kappa shape index (κ3) is 1.60. The highest BCUT2D eigenvalue weighted by atomic mass is 35.5. The molecule has 0 N–H and O–H groups in total. The van der Waals surface area contributed by atoms with E-state index in [0.29, 0.717) is 5.02 Å². The van der Waals surface area contributed by atoms with Gasteiger partial charge in [0.15, 0.2) is 5.78 Å². The zero-order valence-corrected chi connectivity index (χ0v) is 9.50. The van der Waals surface area contributed by atoms with Gasteiger partial charge in [-0.2, -0.15) is 5.26 Å². The molecule has 0 unspecified atom stereocenters. The predicted molar refractivity (Wildman–Crippen MR) is 60.0 cm³/mol. The Balaban J connectivity index is 2.40. The molecule has 82 valence electrons. The maximum Gasteiger partial charge on any atom is 0.157 e. The Morgan fingerprint density at radius 2 is 2.38 bits per heavy atom. The summed E-state index contributed by atoms with van der Waals surface area (Å²) in [6.07, 6.45) is 5.74. The quantitative estimate of drug-likeness (QED) is 0.808. The maximum atomic E-state index is 12.0. The molecule has 1 aliphatic rings. The second kappa shape index (κ2) is 4.23. The minimum atomic E-state index is -0.518. The van der Waals surface area contributed by atoms with Crippen molar-refractivity contribution in [2.45, 2.75) is 31.1 Å². The van der Waals surface area contributed by atoms with Crippen LogP contribution in [0, 0.1) is 11.3 Å². The molecule has 0 radical (unpaired) electrons. The minimum absolute atomic E-state index is 0.0191. The zero-order valence-electron chi connectivity index (χ0n) is 8.74. The van der Waals surface area contributed by atoms with Gasteiger partial charge in [-0.1, -0.05) is 18.0 Å². The van der Waals surface area contributed by atoms with Crippen LogP contribution in [0.1, 0.15) is 31.2 Å². The molecule has 4 heteroatoms. The van der Waals surface area contributed by atoms with Crippen LogP contribution in [0.15, 0.2) is 18.5 Å². The third-order valence-electron chi connectivity index (χ3n) is 3.27. The van der Waals surface area contributed by atoms with E-state index in [1.54, 1.807) is 18.5 Å². The summed E-state index contributed by atoms with van der Waals surface area (Å²) in [5.41, 5.74) is 0.311. The van der Waals surface area contributed by atoms with Crippen molar-refractivity contribution in [3.05, 3.63) is 29.0 Å².